The van der Waals surface area contributed by atoms with E-state index < -0.39 is 0 Å². The quantitative estimate of drug-likeness (QED) is 0.777. The molecule has 2 N–H and O–H groups in total. The van der Waals surface area contributed by atoms with Crippen molar-refractivity contribution < 1.29 is 5.11 Å². The molecule has 0 saturated carbocycles. The molecule has 2 aromatic rings. The largest absolute Gasteiger partial charge is 0.508 e. The van der Waals surface area contributed by atoms with Crippen LogP contribution in [0.5, 0.6) is 5.75 Å². The first kappa shape index (κ1) is 12.6. The Morgan fingerprint density at radius 3 is 2.94 bits per heavy atom. The van der Waals surface area contributed by atoms with Gasteiger partial charge in [-0.2, -0.15) is 5.10 Å². The lowest BCUT2D eigenvalue weighted by Crippen LogP contribution is -2.17. The van der Waals surface area contributed by atoms with Crippen molar-refractivity contribution in [3.63, 3.8) is 0 Å². The van der Waals surface area contributed by atoms with E-state index in [1.165, 1.54) is 0 Å². The van der Waals surface area contributed by atoms with E-state index in [1.807, 2.05) is 26.1 Å². The summed E-state index contributed by atoms with van der Waals surface area (Å²) in [5, 5.41) is 17.2. The van der Waals surface area contributed by atoms with Crippen LogP contribution >= 0.6 is 0 Å². The van der Waals surface area contributed by atoms with Crippen LogP contribution in [0.3, 0.4) is 0 Å². The lowest BCUT2D eigenvalue weighted by Gasteiger charge is -2.06. The summed E-state index contributed by atoms with van der Waals surface area (Å²) >= 11 is 0. The van der Waals surface area contributed by atoms with Crippen LogP contribution in [-0.4, -0.2) is 26.4 Å². The van der Waals surface area contributed by atoms with E-state index in [0.717, 1.165) is 29.9 Å². The number of phenolic OH excluding ortho intramolecular Hbond substituents is 1. The predicted molar refractivity (Wildman–Crippen MR) is 69.3 cm³/mol. The third-order valence-corrected chi connectivity index (χ3v) is 2.72. The average molecular weight is 246 g/mol. The Morgan fingerprint density at radius 2 is 2.22 bits per heavy atom. The highest BCUT2D eigenvalue weighted by Gasteiger charge is 2.02. The molecule has 2 rings (SSSR count). The second-order valence-electron chi connectivity index (χ2n) is 4.39. The molecule has 0 amide bonds. The number of benzene rings is 1. The van der Waals surface area contributed by atoms with Gasteiger partial charge in [0.25, 0.3) is 0 Å². The maximum absolute atomic E-state index is 9.69. The van der Waals surface area contributed by atoms with Crippen molar-refractivity contribution in [2.75, 3.05) is 6.54 Å². The Labute approximate surface area is 106 Å². The van der Waals surface area contributed by atoms with Crippen LogP contribution in [0, 0.1) is 6.92 Å². The van der Waals surface area contributed by atoms with Crippen LogP contribution < -0.4 is 5.32 Å². The molecule has 0 fully saturated rings. The normalized spacial score (nSPS) is 10.8. The maximum Gasteiger partial charge on any atom is 0.151 e. The standard InChI is InChI=1S/C13H18N4O/c1-10-3-4-12(18)11(7-10)8-14-6-5-13-15-9-17(2)16-13/h3-4,7,9,14,18H,5-6,8H2,1-2H3. The van der Waals surface area contributed by atoms with Gasteiger partial charge in [-0.1, -0.05) is 17.7 Å². The molecular formula is C13H18N4O. The monoisotopic (exact) mass is 246 g/mol. The molecule has 0 spiro atoms. The van der Waals surface area contributed by atoms with Crippen molar-refractivity contribution in [3.05, 3.63) is 41.5 Å². The fourth-order valence-corrected chi connectivity index (χ4v) is 1.78. The molecule has 5 nitrogen and oxygen atoms in total. The lowest BCUT2D eigenvalue weighted by molar-refractivity contribution is 0.464. The predicted octanol–water partition coefficient (Wildman–Crippen LogP) is 1.16. The number of nitrogens with zero attached hydrogens (tertiary/aromatic N) is 3. The fourth-order valence-electron chi connectivity index (χ4n) is 1.78. The number of hydrogen-bond donors (Lipinski definition) is 2. The summed E-state index contributed by atoms with van der Waals surface area (Å²) in [5.74, 6) is 1.17. The molecule has 0 atom stereocenters. The summed E-state index contributed by atoms with van der Waals surface area (Å²) in [7, 11) is 1.86. The van der Waals surface area contributed by atoms with Crippen LogP contribution in [-0.2, 0) is 20.0 Å². The SMILES string of the molecule is Cc1ccc(O)c(CNCCc2ncn(C)n2)c1. The van der Waals surface area contributed by atoms with Gasteiger partial charge < -0.3 is 10.4 Å². The van der Waals surface area contributed by atoms with Crippen LogP contribution in [0.4, 0.5) is 0 Å². The van der Waals surface area contributed by atoms with Crippen LogP contribution in [0.25, 0.3) is 0 Å². The van der Waals surface area contributed by atoms with Gasteiger partial charge in [0.05, 0.1) is 0 Å². The van der Waals surface area contributed by atoms with Gasteiger partial charge in [-0.05, 0) is 13.0 Å². The third kappa shape index (κ3) is 3.30. The highest BCUT2D eigenvalue weighted by Crippen LogP contribution is 2.17. The number of aromatic nitrogens is 3. The maximum atomic E-state index is 9.69. The van der Waals surface area contributed by atoms with Gasteiger partial charge in [-0.25, -0.2) is 4.98 Å². The van der Waals surface area contributed by atoms with Gasteiger partial charge in [0.15, 0.2) is 5.82 Å². The molecule has 0 unspecified atom stereocenters. The number of phenols is 1. The van der Waals surface area contributed by atoms with Crippen molar-refractivity contribution in [2.45, 2.75) is 19.9 Å². The van der Waals surface area contributed by atoms with Gasteiger partial charge in [0.1, 0.15) is 12.1 Å². The highest BCUT2D eigenvalue weighted by atomic mass is 16.3. The third-order valence-electron chi connectivity index (χ3n) is 2.72. The molecule has 96 valence electrons. The van der Waals surface area contributed by atoms with E-state index >= 15 is 0 Å². The first-order valence-corrected chi connectivity index (χ1v) is 5.99. The number of hydrogen-bond acceptors (Lipinski definition) is 4. The second kappa shape index (κ2) is 5.64. The van der Waals surface area contributed by atoms with E-state index in [2.05, 4.69) is 15.4 Å². The summed E-state index contributed by atoms with van der Waals surface area (Å²) in [4.78, 5) is 4.15. The van der Waals surface area contributed by atoms with E-state index in [1.54, 1.807) is 17.1 Å². The molecule has 0 aliphatic rings. The molecule has 1 heterocycles. The first-order chi connectivity index (χ1) is 8.65. The van der Waals surface area contributed by atoms with Crippen molar-refractivity contribution >= 4 is 0 Å². The second-order valence-corrected chi connectivity index (χ2v) is 4.39. The van der Waals surface area contributed by atoms with Crippen LogP contribution in [0.2, 0.25) is 0 Å². The van der Waals surface area contributed by atoms with Gasteiger partial charge in [-0.15, -0.1) is 0 Å². The summed E-state index contributed by atoms with van der Waals surface area (Å²) in [5.41, 5.74) is 2.07. The minimum absolute atomic E-state index is 0.337. The van der Waals surface area contributed by atoms with E-state index in [0.29, 0.717) is 12.3 Å². The zero-order valence-corrected chi connectivity index (χ0v) is 10.7. The topological polar surface area (TPSA) is 63.0 Å². The number of aromatic hydroxyl groups is 1. The fraction of sp³-hybridized carbons (Fsp3) is 0.385. The molecule has 0 aliphatic heterocycles. The van der Waals surface area contributed by atoms with Gasteiger partial charge >= 0.3 is 0 Å². The Morgan fingerprint density at radius 1 is 1.39 bits per heavy atom. The summed E-state index contributed by atoms with van der Waals surface area (Å²) in [6.07, 6.45) is 2.48. The summed E-state index contributed by atoms with van der Waals surface area (Å²) in [6.45, 7) is 3.46. The Kier molecular flexibility index (Phi) is 3.94. The first-order valence-electron chi connectivity index (χ1n) is 5.99. The molecule has 0 saturated heterocycles. The number of rotatable bonds is 5. The summed E-state index contributed by atoms with van der Waals surface area (Å²) in [6, 6.07) is 5.62. The minimum Gasteiger partial charge on any atom is -0.508 e. The zero-order valence-electron chi connectivity index (χ0n) is 10.7. The molecule has 5 heteroatoms. The summed E-state index contributed by atoms with van der Waals surface area (Å²) < 4.78 is 1.70. The van der Waals surface area contributed by atoms with Gasteiger partial charge in [0, 0.05) is 32.1 Å². The van der Waals surface area contributed by atoms with E-state index in [4.69, 9.17) is 0 Å². The Balaban J connectivity index is 1.80. The van der Waals surface area contributed by atoms with E-state index in [9.17, 15) is 5.11 Å². The Hall–Kier alpha value is -1.88. The van der Waals surface area contributed by atoms with Gasteiger partial charge in [0.2, 0.25) is 0 Å². The van der Waals surface area contributed by atoms with Crippen LogP contribution in [0.15, 0.2) is 24.5 Å². The number of aryl methyl sites for hydroxylation is 2. The molecule has 18 heavy (non-hydrogen) atoms. The van der Waals surface area contributed by atoms with Crippen molar-refractivity contribution in [1.29, 1.82) is 0 Å². The average Bonchev–Trinajstić information content (AvgIpc) is 2.75. The zero-order chi connectivity index (χ0) is 13.0. The molecule has 0 aliphatic carbocycles. The van der Waals surface area contributed by atoms with Crippen molar-refractivity contribution in [2.24, 2.45) is 7.05 Å². The molecule has 1 aromatic carbocycles. The van der Waals surface area contributed by atoms with Crippen molar-refractivity contribution in [3.8, 4) is 5.75 Å². The number of nitrogens with one attached hydrogen (secondary N) is 1. The lowest BCUT2D eigenvalue weighted by atomic mass is 10.1. The van der Waals surface area contributed by atoms with Crippen LogP contribution in [0.1, 0.15) is 17.0 Å². The molecular weight excluding hydrogens is 228 g/mol. The highest BCUT2D eigenvalue weighted by molar-refractivity contribution is 5.35. The molecule has 0 bridgehead atoms. The smallest absolute Gasteiger partial charge is 0.151 e. The molecule has 1 aromatic heterocycles. The molecule has 0 radical (unpaired) electrons. The minimum atomic E-state index is 0.337. The van der Waals surface area contributed by atoms with E-state index in [-0.39, 0.29) is 0 Å². The van der Waals surface area contributed by atoms with Crippen molar-refractivity contribution in [1.82, 2.24) is 20.1 Å². The Bertz CT molecular complexity index is 521. The van der Waals surface area contributed by atoms with Gasteiger partial charge in [-0.3, -0.25) is 4.68 Å².